The second-order valence-electron chi connectivity index (χ2n) is 3.64. The van der Waals surface area contributed by atoms with E-state index >= 15 is 0 Å². The molecule has 16 heavy (non-hydrogen) atoms. The Labute approximate surface area is 101 Å². The monoisotopic (exact) mass is 240 g/mol. The van der Waals surface area contributed by atoms with E-state index in [4.69, 9.17) is 11.6 Å². The number of amides is 1. The molecule has 4 heteroatoms. The second kappa shape index (κ2) is 6.51. The fourth-order valence-corrected chi connectivity index (χ4v) is 1.49. The van der Waals surface area contributed by atoms with Crippen LogP contribution in [0.4, 0.5) is 5.69 Å². The van der Waals surface area contributed by atoms with Crippen LogP contribution in [0.25, 0.3) is 0 Å². The fourth-order valence-electron chi connectivity index (χ4n) is 1.33. The maximum atomic E-state index is 11.5. The van der Waals surface area contributed by atoms with Crippen molar-refractivity contribution in [1.29, 1.82) is 0 Å². The molecule has 0 aliphatic rings. The molecule has 0 fully saturated rings. The number of hydrogen-bond donors (Lipinski definition) is 2. The van der Waals surface area contributed by atoms with E-state index in [-0.39, 0.29) is 5.91 Å². The summed E-state index contributed by atoms with van der Waals surface area (Å²) in [6.45, 7) is 5.53. The molecule has 0 atom stereocenters. The van der Waals surface area contributed by atoms with Gasteiger partial charge in [0.1, 0.15) is 0 Å². The highest BCUT2D eigenvalue weighted by molar-refractivity contribution is 6.33. The molecule has 0 bridgehead atoms. The van der Waals surface area contributed by atoms with E-state index in [2.05, 4.69) is 10.6 Å². The van der Waals surface area contributed by atoms with Crippen molar-refractivity contribution in [2.45, 2.75) is 20.3 Å². The van der Waals surface area contributed by atoms with Gasteiger partial charge in [0.2, 0.25) is 5.91 Å². The van der Waals surface area contributed by atoms with Crippen LogP contribution in [-0.2, 0) is 4.79 Å². The highest BCUT2D eigenvalue weighted by Gasteiger charge is 2.05. The smallest absolute Gasteiger partial charge is 0.225 e. The molecule has 0 radical (unpaired) electrons. The van der Waals surface area contributed by atoms with Crippen molar-refractivity contribution in [2.75, 3.05) is 18.4 Å². The summed E-state index contributed by atoms with van der Waals surface area (Å²) in [6, 6.07) is 5.57. The summed E-state index contributed by atoms with van der Waals surface area (Å²) in [5.74, 6) is -0.0200. The minimum Gasteiger partial charge on any atom is -0.325 e. The standard InChI is InChI=1S/C12H17ClN2O/c1-3-14-7-6-12(16)15-11-8-9(2)4-5-10(11)13/h4-5,8,14H,3,6-7H2,1-2H3,(H,15,16). The SMILES string of the molecule is CCNCCC(=O)Nc1cc(C)ccc1Cl. The summed E-state index contributed by atoms with van der Waals surface area (Å²) in [7, 11) is 0. The molecule has 0 unspecified atom stereocenters. The first-order chi connectivity index (χ1) is 7.63. The summed E-state index contributed by atoms with van der Waals surface area (Å²) in [5, 5.41) is 6.47. The average molecular weight is 241 g/mol. The summed E-state index contributed by atoms with van der Waals surface area (Å²) in [5.41, 5.74) is 1.76. The highest BCUT2D eigenvalue weighted by atomic mass is 35.5. The third-order valence-corrected chi connectivity index (χ3v) is 2.50. The number of rotatable bonds is 5. The Morgan fingerprint density at radius 1 is 1.44 bits per heavy atom. The first kappa shape index (κ1) is 13.0. The summed E-state index contributed by atoms with van der Waals surface area (Å²) in [4.78, 5) is 11.5. The van der Waals surface area contributed by atoms with Crippen LogP contribution in [0, 0.1) is 6.92 Å². The van der Waals surface area contributed by atoms with Crippen LogP contribution in [0.15, 0.2) is 18.2 Å². The van der Waals surface area contributed by atoms with Gasteiger partial charge in [0.05, 0.1) is 10.7 Å². The van der Waals surface area contributed by atoms with E-state index in [9.17, 15) is 4.79 Å². The topological polar surface area (TPSA) is 41.1 Å². The molecule has 0 aliphatic heterocycles. The first-order valence-electron chi connectivity index (χ1n) is 5.40. The number of benzene rings is 1. The Bertz CT molecular complexity index is 366. The predicted octanol–water partition coefficient (Wildman–Crippen LogP) is 2.59. The van der Waals surface area contributed by atoms with E-state index in [1.165, 1.54) is 0 Å². The number of aryl methyl sites for hydroxylation is 1. The molecule has 0 aliphatic carbocycles. The van der Waals surface area contributed by atoms with Crippen LogP contribution in [0.2, 0.25) is 5.02 Å². The second-order valence-corrected chi connectivity index (χ2v) is 4.04. The number of anilines is 1. The molecule has 3 nitrogen and oxygen atoms in total. The van der Waals surface area contributed by atoms with Crippen molar-refractivity contribution in [1.82, 2.24) is 5.32 Å². The Morgan fingerprint density at radius 3 is 2.88 bits per heavy atom. The van der Waals surface area contributed by atoms with E-state index < -0.39 is 0 Å². The molecule has 1 amide bonds. The third-order valence-electron chi connectivity index (χ3n) is 2.17. The summed E-state index contributed by atoms with van der Waals surface area (Å²) < 4.78 is 0. The quantitative estimate of drug-likeness (QED) is 0.777. The van der Waals surface area contributed by atoms with Crippen molar-refractivity contribution < 1.29 is 4.79 Å². The molecule has 1 aromatic rings. The maximum absolute atomic E-state index is 11.5. The Kier molecular flexibility index (Phi) is 5.29. The minimum absolute atomic E-state index is 0.0200. The molecule has 0 saturated heterocycles. The average Bonchev–Trinajstić information content (AvgIpc) is 2.24. The van der Waals surface area contributed by atoms with Crippen LogP contribution < -0.4 is 10.6 Å². The fraction of sp³-hybridized carbons (Fsp3) is 0.417. The van der Waals surface area contributed by atoms with Crippen molar-refractivity contribution in [2.24, 2.45) is 0 Å². The zero-order chi connectivity index (χ0) is 12.0. The van der Waals surface area contributed by atoms with Gasteiger partial charge in [0.25, 0.3) is 0 Å². The molecule has 0 aromatic heterocycles. The molecule has 1 rings (SSSR count). The molecular weight excluding hydrogens is 224 g/mol. The first-order valence-corrected chi connectivity index (χ1v) is 5.78. The number of carbonyl (C=O) groups excluding carboxylic acids is 1. The van der Waals surface area contributed by atoms with E-state index in [1.54, 1.807) is 6.07 Å². The normalized spacial score (nSPS) is 10.2. The lowest BCUT2D eigenvalue weighted by atomic mass is 10.2. The Morgan fingerprint density at radius 2 is 2.19 bits per heavy atom. The van der Waals surface area contributed by atoms with Gasteiger partial charge in [-0.05, 0) is 31.2 Å². The lowest BCUT2D eigenvalue weighted by molar-refractivity contribution is -0.116. The van der Waals surface area contributed by atoms with Gasteiger partial charge in [0, 0.05) is 13.0 Å². The lowest BCUT2D eigenvalue weighted by Crippen LogP contribution is -2.21. The van der Waals surface area contributed by atoms with Gasteiger partial charge in [-0.25, -0.2) is 0 Å². The largest absolute Gasteiger partial charge is 0.325 e. The van der Waals surface area contributed by atoms with Gasteiger partial charge in [-0.15, -0.1) is 0 Å². The van der Waals surface area contributed by atoms with Crippen LogP contribution in [-0.4, -0.2) is 19.0 Å². The lowest BCUT2D eigenvalue weighted by Gasteiger charge is -2.08. The highest BCUT2D eigenvalue weighted by Crippen LogP contribution is 2.22. The number of carbonyl (C=O) groups is 1. The van der Waals surface area contributed by atoms with Gasteiger partial charge in [-0.1, -0.05) is 24.6 Å². The summed E-state index contributed by atoms with van der Waals surface area (Å²) >= 11 is 5.97. The number of halogens is 1. The molecule has 0 spiro atoms. The van der Waals surface area contributed by atoms with Gasteiger partial charge in [-0.2, -0.15) is 0 Å². The summed E-state index contributed by atoms with van der Waals surface area (Å²) in [6.07, 6.45) is 0.456. The van der Waals surface area contributed by atoms with Crippen LogP contribution in [0.1, 0.15) is 18.9 Å². The van der Waals surface area contributed by atoms with E-state index in [0.717, 1.165) is 12.1 Å². The van der Waals surface area contributed by atoms with Gasteiger partial charge >= 0.3 is 0 Å². The zero-order valence-corrected chi connectivity index (χ0v) is 10.4. The number of nitrogens with one attached hydrogen (secondary N) is 2. The molecule has 0 heterocycles. The maximum Gasteiger partial charge on any atom is 0.225 e. The molecule has 0 saturated carbocycles. The third kappa shape index (κ3) is 4.21. The molecule has 1 aromatic carbocycles. The van der Waals surface area contributed by atoms with Gasteiger partial charge < -0.3 is 10.6 Å². The van der Waals surface area contributed by atoms with Crippen molar-refractivity contribution in [3.63, 3.8) is 0 Å². The van der Waals surface area contributed by atoms with Crippen molar-refractivity contribution >= 4 is 23.2 Å². The predicted molar refractivity (Wildman–Crippen MR) is 68.0 cm³/mol. The molecule has 88 valence electrons. The molecule has 2 N–H and O–H groups in total. The van der Waals surface area contributed by atoms with Gasteiger partial charge in [-0.3, -0.25) is 4.79 Å². The van der Waals surface area contributed by atoms with Crippen molar-refractivity contribution in [3.8, 4) is 0 Å². The zero-order valence-electron chi connectivity index (χ0n) is 9.64. The Balaban J connectivity index is 2.52. The number of hydrogen-bond acceptors (Lipinski definition) is 2. The van der Waals surface area contributed by atoms with Crippen molar-refractivity contribution in [3.05, 3.63) is 28.8 Å². The van der Waals surface area contributed by atoms with Gasteiger partial charge in [0.15, 0.2) is 0 Å². The Hall–Kier alpha value is -1.06. The molecular formula is C12H17ClN2O. The van der Waals surface area contributed by atoms with Crippen LogP contribution in [0.3, 0.4) is 0 Å². The minimum atomic E-state index is -0.0200. The van der Waals surface area contributed by atoms with Crippen LogP contribution >= 0.6 is 11.6 Å². The van der Waals surface area contributed by atoms with E-state index in [0.29, 0.717) is 23.7 Å². The van der Waals surface area contributed by atoms with E-state index in [1.807, 2.05) is 26.0 Å². The van der Waals surface area contributed by atoms with Crippen LogP contribution in [0.5, 0.6) is 0 Å².